The van der Waals surface area contributed by atoms with Crippen LogP contribution in [0.5, 0.6) is 0 Å². The zero-order chi connectivity index (χ0) is 20.3. The van der Waals surface area contributed by atoms with E-state index in [4.69, 9.17) is 5.10 Å². The van der Waals surface area contributed by atoms with Gasteiger partial charge in [-0.3, -0.25) is 4.79 Å². The molecule has 0 spiro atoms. The number of Topliss-reactive ketones (excluding diaryl/α,β-unsaturated/α-hetero) is 1. The molecule has 1 N–H and O–H groups in total. The summed E-state index contributed by atoms with van der Waals surface area (Å²) in [5, 5.41) is 8.09. The maximum absolute atomic E-state index is 12.3. The molecule has 3 rings (SSSR count). The summed E-state index contributed by atoms with van der Waals surface area (Å²) in [6.45, 7) is 2.56. The van der Waals surface area contributed by atoms with Crippen molar-refractivity contribution in [1.29, 1.82) is 0 Å². The molecule has 4 heteroatoms. The standard InChI is InChI=1S/C25H31N3O/c1-2-3-4-5-6-13-18-23(29)20-26-25-19-24(21-14-9-7-10-15-21)27-28(25)22-16-11-8-12-17-22/h7-12,14-17,19,26H,2-6,13,18,20H2,1H3. The molecule has 152 valence electrons. The number of ketones is 1. The Balaban J connectivity index is 1.63. The van der Waals surface area contributed by atoms with Gasteiger partial charge in [-0.15, -0.1) is 0 Å². The number of anilines is 1. The molecule has 0 fully saturated rings. The summed E-state index contributed by atoms with van der Waals surface area (Å²) in [4.78, 5) is 12.3. The molecule has 0 aliphatic heterocycles. The lowest BCUT2D eigenvalue weighted by Gasteiger charge is -2.09. The molecule has 0 bridgehead atoms. The molecule has 3 aromatic rings. The number of nitrogens with one attached hydrogen (secondary N) is 1. The Hall–Kier alpha value is -2.88. The van der Waals surface area contributed by atoms with Crippen molar-refractivity contribution in [1.82, 2.24) is 9.78 Å². The van der Waals surface area contributed by atoms with Crippen molar-refractivity contribution in [3.8, 4) is 16.9 Å². The van der Waals surface area contributed by atoms with Gasteiger partial charge in [-0.05, 0) is 18.6 Å². The van der Waals surface area contributed by atoms with Crippen LogP contribution >= 0.6 is 0 Å². The third-order valence-corrected chi connectivity index (χ3v) is 5.06. The van der Waals surface area contributed by atoms with Gasteiger partial charge in [-0.1, -0.05) is 87.6 Å². The van der Waals surface area contributed by atoms with Gasteiger partial charge in [0.15, 0.2) is 5.78 Å². The summed E-state index contributed by atoms with van der Waals surface area (Å²) >= 11 is 0. The minimum atomic E-state index is 0.252. The maximum Gasteiger partial charge on any atom is 0.151 e. The summed E-state index contributed by atoms with van der Waals surface area (Å²) < 4.78 is 1.88. The third-order valence-electron chi connectivity index (χ3n) is 5.06. The highest BCUT2D eigenvalue weighted by atomic mass is 16.1. The monoisotopic (exact) mass is 389 g/mol. The van der Waals surface area contributed by atoms with Crippen LogP contribution in [0.1, 0.15) is 51.9 Å². The minimum Gasteiger partial charge on any atom is -0.363 e. The van der Waals surface area contributed by atoms with E-state index in [0.29, 0.717) is 13.0 Å². The van der Waals surface area contributed by atoms with Crippen molar-refractivity contribution in [2.24, 2.45) is 0 Å². The fourth-order valence-corrected chi connectivity index (χ4v) is 3.40. The van der Waals surface area contributed by atoms with Gasteiger partial charge in [0.25, 0.3) is 0 Å². The Morgan fingerprint density at radius 2 is 1.55 bits per heavy atom. The smallest absolute Gasteiger partial charge is 0.151 e. The first-order valence-corrected chi connectivity index (χ1v) is 10.7. The van der Waals surface area contributed by atoms with E-state index in [1.54, 1.807) is 0 Å². The lowest BCUT2D eigenvalue weighted by Crippen LogP contribution is -2.15. The van der Waals surface area contributed by atoms with Crippen molar-refractivity contribution in [2.45, 2.75) is 51.9 Å². The number of benzene rings is 2. The molecule has 0 radical (unpaired) electrons. The predicted molar refractivity (Wildman–Crippen MR) is 120 cm³/mol. The Morgan fingerprint density at radius 3 is 2.28 bits per heavy atom. The largest absolute Gasteiger partial charge is 0.363 e. The molecule has 0 saturated carbocycles. The molecule has 0 saturated heterocycles. The van der Waals surface area contributed by atoms with Crippen LogP contribution in [-0.2, 0) is 4.79 Å². The normalized spacial score (nSPS) is 10.8. The fourth-order valence-electron chi connectivity index (χ4n) is 3.40. The lowest BCUT2D eigenvalue weighted by atomic mass is 10.1. The molecule has 0 amide bonds. The van der Waals surface area contributed by atoms with Gasteiger partial charge in [0.2, 0.25) is 0 Å². The predicted octanol–water partition coefficient (Wildman–Crippen LogP) is 6.27. The summed E-state index contributed by atoms with van der Waals surface area (Å²) in [5.41, 5.74) is 2.92. The van der Waals surface area contributed by atoms with Gasteiger partial charge in [0, 0.05) is 18.1 Å². The van der Waals surface area contributed by atoms with E-state index in [9.17, 15) is 4.79 Å². The Bertz CT molecular complexity index is 872. The second-order valence-electron chi connectivity index (χ2n) is 7.44. The first-order chi connectivity index (χ1) is 14.3. The highest BCUT2D eigenvalue weighted by Crippen LogP contribution is 2.24. The van der Waals surface area contributed by atoms with E-state index in [2.05, 4.69) is 12.2 Å². The van der Waals surface area contributed by atoms with E-state index in [1.165, 1.54) is 25.7 Å². The van der Waals surface area contributed by atoms with Crippen LogP contribution in [0.15, 0.2) is 66.7 Å². The fraction of sp³-hybridized carbons (Fsp3) is 0.360. The molecule has 4 nitrogen and oxygen atoms in total. The molecule has 29 heavy (non-hydrogen) atoms. The van der Waals surface area contributed by atoms with Crippen molar-refractivity contribution in [3.05, 3.63) is 66.7 Å². The number of nitrogens with zero attached hydrogens (tertiary/aromatic N) is 2. The van der Waals surface area contributed by atoms with Crippen molar-refractivity contribution < 1.29 is 4.79 Å². The number of carbonyl (C=O) groups excluding carboxylic acids is 1. The zero-order valence-corrected chi connectivity index (χ0v) is 17.3. The zero-order valence-electron chi connectivity index (χ0n) is 17.3. The second-order valence-corrected chi connectivity index (χ2v) is 7.44. The van der Waals surface area contributed by atoms with Crippen LogP contribution in [-0.4, -0.2) is 22.1 Å². The number of rotatable bonds is 12. The average Bonchev–Trinajstić information content (AvgIpc) is 3.20. The van der Waals surface area contributed by atoms with E-state index < -0.39 is 0 Å². The van der Waals surface area contributed by atoms with Gasteiger partial charge >= 0.3 is 0 Å². The Morgan fingerprint density at radius 1 is 0.897 bits per heavy atom. The SMILES string of the molecule is CCCCCCCCC(=O)CNc1cc(-c2ccccc2)nn1-c1ccccc1. The summed E-state index contributed by atoms with van der Waals surface area (Å²) in [6.07, 6.45) is 7.83. The molecule has 0 aliphatic carbocycles. The molecular weight excluding hydrogens is 358 g/mol. The van der Waals surface area contributed by atoms with Crippen molar-refractivity contribution in [3.63, 3.8) is 0 Å². The van der Waals surface area contributed by atoms with Crippen LogP contribution in [0.2, 0.25) is 0 Å². The van der Waals surface area contributed by atoms with Crippen LogP contribution < -0.4 is 5.32 Å². The highest BCUT2D eigenvalue weighted by Gasteiger charge is 2.12. The van der Waals surface area contributed by atoms with Crippen LogP contribution in [0, 0.1) is 0 Å². The molecule has 1 heterocycles. The number of hydrogen-bond acceptors (Lipinski definition) is 3. The van der Waals surface area contributed by atoms with Crippen molar-refractivity contribution >= 4 is 11.6 Å². The van der Waals surface area contributed by atoms with Gasteiger partial charge in [-0.25, -0.2) is 4.68 Å². The van der Waals surface area contributed by atoms with Gasteiger partial charge in [0.05, 0.1) is 17.9 Å². The quantitative estimate of drug-likeness (QED) is 0.371. The molecule has 0 aliphatic rings. The minimum absolute atomic E-state index is 0.252. The number of hydrogen-bond donors (Lipinski definition) is 1. The van der Waals surface area contributed by atoms with E-state index in [0.717, 1.165) is 35.6 Å². The third kappa shape index (κ3) is 6.31. The van der Waals surface area contributed by atoms with Crippen LogP contribution in [0.4, 0.5) is 5.82 Å². The number of unbranched alkanes of at least 4 members (excludes halogenated alkanes) is 5. The Labute approximate surface area is 174 Å². The molecule has 0 unspecified atom stereocenters. The van der Waals surface area contributed by atoms with Gasteiger partial charge in [0.1, 0.15) is 5.82 Å². The number of para-hydroxylation sites is 1. The van der Waals surface area contributed by atoms with Gasteiger partial charge < -0.3 is 5.32 Å². The molecule has 2 aromatic carbocycles. The summed E-state index contributed by atoms with van der Waals surface area (Å²) in [5.74, 6) is 1.09. The molecule has 0 atom stereocenters. The van der Waals surface area contributed by atoms with Crippen molar-refractivity contribution in [2.75, 3.05) is 11.9 Å². The lowest BCUT2D eigenvalue weighted by molar-refractivity contribution is -0.117. The summed E-state index contributed by atoms with van der Waals surface area (Å²) in [7, 11) is 0. The average molecular weight is 390 g/mol. The van der Waals surface area contributed by atoms with Gasteiger partial charge in [-0.2, -0.15) is 5.10 Å². The first-order valence-electron chi connectivity index (χ1n) is 10.7. The first kappa shape index (κ1) is 20.8. The van der Waals surface area contributed by atoms with E-state index >= 15 is 0 Å². The summed E-state index contributed by atoms with van der Waals surface area (Å²) in [6, 6.07) is 22.1. The van der Waals surface area contributed by atoms with E-state index in [1.807, 2.05) is 71.4 Å². The second kappa shape index (κ2) is 11.2. The molecule has 1 aromatic heterocycles. The number of aromatic nitrogens is 2. The number of carbonyl (C=O) groups is 1. The van der Waals surface area contributed by atoms with Crippen LogP contribution in [0.25, 0.3) is 16.9 Å². The van der Waals surface area contributed by atoms with E-state index in [-0.39, 0.29) is 5.78 Å². The highest BCUT2D eigenvalue weighted by molar-refractivity contribution is 5.83. The Kier molecular flexibility index (Phi) is 8.05. The maximum atomic E-state index is 12.3. The molecular formula is C25H31N3O. The van der Waals surface area contributed by atoms with Crippen LogP contribution in [0.3, 0.4) is 0 Å². The topological polar surface area (TPSA) is 46.9 Å².